The summed E-state index contributed by atoms with van der Waals surface area (Å²) in [6.07, 6.45) is 0. The van der Waals surface area contributed by atoms with Crippen LogP contribution in [0.3, 0.4) is 0 Å². The Bertz CT molecular complexity index is 751. The lowest BCUT2D eigenvalue weighted by atomic mass is 9.78. The summed E-state index contributed by atoms with van der Waals surface area (Å²) in [5.41, 5.74) is 3.98. The molecule has 3 nitrogen and oxygen atoms in total. The zero-order chi connectivity index (χ0) is 20.2. The van der Waals surface area contributed by atoms with Crippen LogP contribution in [-0.4, -0.2) is 10.2 Å². The smallest absolute Gasteiger partial charge is 0.166 e. The average molecular weight is 385 g/mol. The highest BCUT2D eigenvalue weighted by Gasteiger charge is 2.26. The molecular weight excluding hydrogens is 352 g/mol. The molecule has 0 bridgehead atoms. The highest BCUT2D eigenvalue weighted by molar-refractivity contribution is 7.80. The van der Waals surface area contributed by atoms with Gasteiger partial charge in [-0.2, -0.15) is 0 Å². The first-order valence-corrected chi connectivity index (χ1v) is 9.82. The van der Waals surface area contributed by atoms with Crippen molar-refractivity contribution >= 4 is 17.3 Å². The normalized spacial score (nSPS) is 11.9. The van der Waals surface area contributed by atoms with Crippen LogP contribution in [0.5, 0.6) is 5.75 Å². The monoisotopic (exact) mass is 384 g/mol. The molecule has 0 heterocycles. The Morgan fingerprint density at radius 1 is 0.815 bits per heavy atom. The first-order valence-electron chi connectivity index (χ1n) is 9.41. The van der Waals surface area contributed by atoms with E-state index in [0.29, 0.717) is 24.0 Å². The van der Waals surface area contributed by atoms with E-state index in [4.69, 9.17) is 12.2 Å². The van der Waals surface area contributed by atoms with Crippen LogP contribution in [0.4, 0.5) is 0 Å². The molecule has 2 aromatic rings. The number of hydrogen-bond donors (Lipinski definition) is 3. The van der Waals surface area contributed by atoms with Crippen molar-refractivity contribution in [1.29, 1.82) is 0 Å². The number of phenolic OH excluding ortho intramolecular Hbond substituents is 1. The summed E-state index contributed by atoms with van der Waals surface area (Å²) in [7, 11) is 0. The van der Waals surface area contributed by atoms with Crippen molar-refractivity contribution in [2.45, 2.75) is 65.5 Å². The molecule has 27 heavy (non-hydrogen) atoms. The third kappa shape index (κ3) is 5.96. The van der Waals surface area contributed by atoms with Crippen LogP contribution < -0.4 is 10.6 Å². The lowest BCUT2D eigenvalue weighted by molar-refractivity contribution is 0.422. The molecule has 2 aromatic carbocycles. The maximum atomic E-state index is 10.8. The number of nitrogens with one attached hydrogen (secondary N) is 2. The zero-order valence-corrected chi connectivity index (χ0v) is 18.1. The summed E-state index contributed by atoms with van der Waals surface area (Å²) in [6, 6.07) is 14.3. The second-order valence-corrected chi connectivity index (χ2v) is 9.47. The Balaban J connectivity index is 2.12. The summed E-state index contributed by atoms with van der Waals surface area (Å²) in [4.78, 5) is 0. The lowest BCUT2D eigenvalue weighted by Gasteiger charge is -2.28. The molecule has 0 saturated heterocycles. The van der Waals surface area contributed by atoms with Gasteiger partial charge in [0.25, 0.3) is 0 Å². The molecule has 0 atom stereocenters. The number of benzene rings is 2. The standard InChI is InChI=1S/C23H32N2OS/c1-22(2,3)18-12-17(13-19(20(18)26)23(4,5)6)15-25-21(27)24-14-16-10-8-7-9-11-16/h7-13,26H,14-15H2,1-6H3,(H2,24,25,27). The number of rotatable bonds is 4. The predicted octanol–water partition coefficient (Wildman–Crippen LogP) is 5.15. The van der Waals surface area contributed by atoms with Crippen LogP contribution in [0.15, 0.2) is 42.5 Å². The molecule has 0 amide bonds. The quantitative estimate of drug-likeness (QED) is 0.638. The Morgan fingerprint density at radius 2 is 1.26 bits per heavy atom. The van der Waals surface area contributed by atoms with Gasteiger partial charge in [-0.25, -0.2) is 0 Å². The Morgan fingerprint density at radius 3 is 1.70 bits per heavy atom. The van der Waals surface area contributed by atoms with Crippen molar-refractivity contribution in [3.8, 4) is 5.75 Å². The van der Waals surface area contributed by atoms with E-state index in [1.807, 2.05) is 18.2 Å². The van der Waals surface area contributed by atoms with Crippen molar-refractivity contribution in [1.82, 2.24) is 10.6 Å². The van der Waals surface area contributed by atoms with Crippen molar-refractivity contribution in [2.75, 3.05) is 0 Å². The second kappa shape index (κ2) is 8.30. The van der Waals surface area contributed by atoms with E-state index in [0.717, 1.165) is 16.7 Å². The fourth-order valence-corrected chi connectivity index (χ4v) is 3.11. The van der Waals surface area contributed by atoms with Crippen LogP contribution in [0.25, 0.3) is 0 Å². The van der Waals surface area contributed by atoms with Crippen LogP contribution in [0, 0.1) is 0 Å². The third-order valence-corrected chi connectivity index (χ3v) is 4.82. The highest BCUT2D eigenvalue weighted by Crippen LogP contribution is 2.39. The Hall–Kier alpha value is -2.07. The first kappa shape index (κ1) is 21.2. The summed E-state index contributed by atoms with van der Waals surface area (Å²) in [5.74, 6) is 0.406. The van der Waals surface area contributed by atoms with Gasteiger partial charge in [0.15, 0.2) is 5.11 Å². The highest BCUT2D eigenvalue weighted by atomic mass is 32.1. The minimum atomic E-state index is -0.133. The van der Waals surface area contributed by atoms with Gasteiger partial charge in [-0.15, -0.1) is 0 Å². The topological polar surface area (TPSA) is 44.3 Å². The van der Waals surface area contributed by atoms with Gasteiger partial charge < -0.3 is 15.7 Å². The van der Waals surface area contributed by atoms with Crippen LogP contribution in [0.2, 0.25) is 0 Å². The SMILES string of the molecule is CC(C)(C)c1cc(CNC(=S)NCc2ccccc2)cc(C(C)(C)C)c1O. The molecule has 0 aliphatic heterocycles. The fourth-order valence-electron chi connectivity index (χ4n) is 2.96. The molecule has 4 heteroatoms. The van der Waals surface area contributed by atoms with E-state index in [2.05, 4.69) is 76.4 Å². The Kier molecular flexibility index (Phi) is 6.53. The summed E-state index contributed by atoms with van der Waals surface area (Å²) < 4.78 is 0. The van der Waals surface area contributed by atoms with Crippen molar-refractivity contribution in [3.63, 3.8) is 0 Å². The predicted molar refractivity (Wildman–Crippen MR) is 118 cm³/mol. The number of hydrogen-bond acceptors (Lipinski definition) is 2. The van der Waals surface area contributed by atoms with E-state index < -0.39 is 0 Å². The Labute approximate surface area is 169 Å². The second-order valence-electron chi connectivity index (χ2n) is 9.06. The molecule has 0 fully saturated rings. The van der Waals surface area contributed by atoms with E-state index in [9.17, 15) is 5.11 Å². The van der Waals surface area contributed by atoms with Gasteiger partial charge in [0.2, 0.25) is 0 Å². The first-order chi connectivity index (χ1) is 12.5. The number of thiocarbonyl (C=S) groups is 1. The summed E-state index contributed by atoms with van der Waals surface area (Å²) in [5, 5.41) is 18.0. The lowest BCUT2D eigenvalue weighted by Crippen LogP contribution is -2.34. The van der Waals surface area contributed by atoms with E-state index in [-0.39, 0.29) is 10.8 Å². The van der Waals surface area contributed by atoms with Crippen molar-refractivity contribution < 1.29 is 5.11 Å². The van der Waals surface area contributed by atoms with Gasteiger partial charge in [0.1, 0.15) is 5.75 Å². The minimum absolute atomic E-state index is 0.133. The molecule has 146 valence electrons. The van der Waals surface area contributed by atoms with Gasteiger partial charge in [-0.1, -0.05) is 71.9 Å². The van der Waals surface area contributed by atoms with Gasteiger partial charge in [0.05, 0.1) is 0 Å². The minimum Gasteiger partial charge on any atom is -0.507 e. The maximum absolute atomic E-state index is 10.8. The molecule has 0 aromatic heterocycles. The molecule has 0 unspecified atom stereocenters. The van der Waals surface area contributed by atoms with Crippen molar-refractivity contribution in [3.05, 3.63) is 64.7 Å². The molecule has 2 rings (SSSR count). The largest absolute Gasteiger partial charge is 0.507 e. The number of aromatic hydroxyl groups is 1. The zero-order valence-electron chi connectivity index (χ0n) is 17.3. The molecule has 0 radical (unpaired) electrons. The molecule has 3 N–H and O–H groups in total. The number of phenols is 1. The van der Waals surface area contributed by atoms with Gasteiger partial charge in [0, 0.05) is 13.1 Å². The van der Waals surface area contributed by atoms with E-state index >= 15 is 0 Å². The maximum Gasteiger partial charge on any atom is 0.166 e. The third-order valence-electron chi connectivity index (χ3n) is 4.53. The molecule has 0 spiro atoms. The van der Waals surface area contributed by atoms with Gasteiger partial charge in [-0.3, -0.25) is 0 Å². The van der Waals surface area contributed by atoms with E-state index in [1.165, 1.54) is 5.56 Å². The summed E-state index contributed by atoms with van der Waals surface area (Å²) >= 11 is 5.42. The van der Waals surface area contributed by atoms with Crippen LogP contribution in [-0.2, 0) is 23.9 Å². The van der Waals surface area contributed by atoms with Gasteiger partial charge in [-0.05, 0) is 57.4 Å². The molecule has 0 aliphatic rings. The molecule has 0 aliphatic carbocycles. The molecular formula is C23H32N2OS. The fraction of sp³-hybridized carbons (Fsp3) is 0.435. The van der Waals surface area contributed by atoms with E-state index in [1.54, 1.807) is 0 Å². The van der Waals surface area contributed by atoms with Crippen LogP contribution in [0.1, 0.15) is 63.8 Å². The van der Waals surface area contributed by atoms with Crippen molar-refractivity contribution in [2.24, 2.45) is 0 Å². The van der Waals surface area contributed by atoms with Crippen LogP contribution >= 0.6 is 12.2 Å². The average Bonchev–Trinajstić information content (AvgIpc) is 2.58. The molecule has 0 saturated carbocycles. The summed E-state index contributed by atoms with van der Waals surface area (Å²) in [6.45, 7) is 14.1. The van der Waals surface area contributed by atoms with Gasteiger partial charge >= 0.3 is 0 Å².